The van der Waals surface area contributed by atoms with E-state index < -0.39 is 34.2 Å². The molecule has 0 bridgehead atoms. The molecule has 0 atom stereocenters. The van der Waals surface area contributed by atoms with Gasteiger partial charge in [-0.05, 0) is 28.7 Å². The summed E-state index contributed by atoms with van der Waals surface area (Å²) in [6, 6.07) is 0.632. The third-order valence-corrected chi connectivity index (χ3v) is 2.40. The van der Waals surface area contributed by atoms with Gasteiger partial charge in [0.25, 0.3) is 12.3 Å². The Hall–Kier alpha value is -1.39. The van der Waals surface area contributed by atoms with Crippen LogP contribution in [0.4, 0.5) is 14.5 Å². The van der Waals surface area contributed by atoms with Crippen molar-refractivity contribution in [1.29, 1.82) is 0 Å². The number of hydrogen-bond acceptors (Lipinski definition) is 4. The van der Waals surface area contributed by atoms with Gasteiger partial charge in [0.2, 0.25) is 0 Å². The van der Waals surface area contributed by atoms with Gasteiger partial charge in [-0.2, -0.15) is 0 Å². The van der Waals surface area contributed by atoms with E-state index in [1.165, 1.54) is 22.6 Å². The molecule has 0 unspecified atom stereocenters. The minimum atomic E-state index is -3.07. The number of aromatic nitrogens is 1. The zero-order valence-corrected chi connectivity index (χ0v) is 9.64. The SMILES string of the molecule is NC(=O)c1cc(C(F)F)c([N+](=O)[O-])c(I)n1. The summed E-state index contributed by atoms with van der Waals surface area (Å²) in [5, 5.41) is 10.5. The molecule has 0 saturated heterocycles. The van der Waals surface area contributed by atoms with Crippen molar-refractivity contribution in [3.63, 3.8) is 0 Å². The van der Waals surface area contributed by atoms with Gasteiger partial charge in [-0.25, -0.2) is 13.8 Å². The molecular formula is C7H4F2IN3O3. The number of hydrogen-bond donors (Lipinski definition) is 1. The van der Waals surface area contributed by atoms with E-state index in [1.807, 2.05) is 0 Å². The van der Waals surface area contributed by atoms with E-state index in [0.29, 0.717) is 6.07 Å². The van der Waals surface area contributed by atoms with Crippen LogP contribution in [0.5, 0.6) is 0 Å². The van der Waals surface area contributed by atoms with Gasteiger partial charge >= 0.3 is 5.69 Å². The van der Waals surface area contributed by atoms with E-state index in [-0.39, 0.29) is 3.70 Å². The van der Waals surface area contributed by atoms with Crippen LogP contribution in [0, 0.1) is 13.8 Å². The zero-order valence-electron chi connectivity index (χ0n) is 7.49. The minimum absolute atomic E-state index is 0.297. The van der Waals surface area contributed by atoms with E-state index in [0.717, 1.165) is 0 Å². The maximum atomic E-state index is 12.5. The van der Waals surface area contributed by atoms with Crippen LogP contribution >= 0.6 is 22.6 Å². The third kappa shape index (κ3) is 2.40. The van der Waals surface area contributed by atoms with Gasteiger partial charge in [-0.1, -0.05) is 0 Å². The van der Waals surface area contributed by atoms with E-state index in [1.54, 1.807) is 0 Å². The highest BCUT2D eigenvalue weighted by atomic mass is 127. The van der Waals surface area contributed by atoms with Crippen molar-refractivity contribution in [3.05, 3.63) is 31.1 Å². The number of alkyl halides is 2. The van der Waals surface area contributed by atoms with E-state index in [2.05, 4.69) is 4.98 Å². The van der Waals surface area contributed by atoms with Gasteiger partial charge in [-0.15, -0.1) is 0 Å². The van der Waals surface area contributed by atoms with Gasteiger partial charge in [0.1, 0.15) is 11.3 Å². The second-order valence-electron chi connectivity index (χ2n) is 2.66. The fourth-order valence-corrected chi connectivity index (χ4v) is 1.77. The molecule has 9 heteroatoms. The van der Waals surface area contributed by atoms with Crippen LogP contribution in [0.1, 0.15) is 22.5 Å². The van der Waals surface area contributed by atoms with E-state index in [9.17, 15) is 23.7 Å². The standard InChI is InChI=1S/C7H4F2IN3O3/c8-5(9)2-1-3(7(11)14)12-6(10)4(2)13(15)16/h1,5H,(H2,11,14). The molecule has 6 nitrogen and oxygen atoms in total. The first-order valence-corrected chi connectivity index (χ1v) is 4.85. The Morgan fingerprint density at radius 2 is 2.19 bits per heavy atom. The number of carbonyl (C=O) groups excluding carboxylic acids is 1. The maximum absolute atomic E-state index is 12.5. The Kier molecular flexibility index (Phi) is 3.67. The highest BCUT2D eigenvalue weighted by Gasteiger charge is 2.28. The van der Waals surface area contributed by atoms with E-state index in [4.69, 9.17) is 5.73 Å². The summed E-state index contributed by atoms with van der Waals surface area (Å²) in [6.07, 6.45) is -3.07. The van der Waals surface area contributed by atoms with Crippen LogP contribution in [0.15, 0.2) is 6.07 Å². The van der Waals surface area contributed by atoms with Crippen molar-refractivity contribution < 1.29 is 18.5 Å². The van der Waals surface area contributed by atoms with Crippen molar-refractivity contribution in [2.45, 2.75) is 6.43 Å². The summed E-state index contributed by atoms with van der Waals surface area (Å²) >= 11 is 1.40. The maximum Gasteiger partial charge on any atom is 0.309 e. The summed E-state index contributed by atoms with van der Waals surface area (Å²) in [5.41, 5.74) is 2.76. The van der Waals surface area contributed by atoms with Crippen LogP contribution in [-0.4, -0.2) is 15.8 Å². The first-order chi connectivity index (χ1) is 7.34. The molecular weight excluding hydrogens is 339 g/mol. The molecule has 1 rings (SSSR count). The smallest absolute Gasteiger partial charge is 0.309 e. The normalized spacial score (nSPS) is 10.5. The lowest BCUT2D eigenvalue weighted by atomic mass is 10.2. The Morgan fingerprint density at radius 1 is 1.62 bits per heavy atom. The molecule has 1 heterocycles. The predicted octanol–water partition coefficient (Wildman–Crippen LogP) is 1.63. The molecule has 16 heavy (non-hydrogen) atoms. The molecule has 0 saturated carbocycles. The van der Waals surface area contributed by atoms with Crippen molar-refractivity contribution >= 4 is 34.2 Å². The molecule has 2 N–H and O–H groups in total. The third-order valence-electron chi connectivity index (χ3n) is 1.65. The lowest BCUT2D eigenvalue weighted by Crippen LogP contribution is -2.15. The molecule has 1 aromatic rings. The van der Waals surface area contributed by atoms with Crippen molar-refractivity contribution in [3.8, 4) is 0 Å². The summed E-state index contributed by atoms with van der Waals surface area (Å²) in [7, 11) is 0. The zero-order chi connectivity index (χ0) is 12.5. The van der Waals surface area contributed by atoms with Gasteiger partial charge in [0.15, 0.2) is 3.70 Å². The van der Waals surface area contributed by atoms with Crippen LogP contribution in [0.25, 0.3) is 0 Å². The number of carbonyl (C=O) groups is 1. The van der Waals surface area contributed by atoms with Gasteiger partial charge < -0.3 is 5.73 Å². The summed E-state index contributed by atoms with van der Waals surface area (Å²) in [4.78, 5) is 23.8. The summed E-state index contributed by atoms with van der Waals surface area (Å²) < 4.78 is 24.8. The predicted molar refractivity (Wildman–Crippen MR) is 57.1 cm³/mol. The number of primary amides is 1. The lowest BCUT2D eigenvalue weighted by Gasteiger charge is -2.04. The largest absolute Gasteiger partial charge is 0.364 e. The summed E-state index contributed by atoms with van der Waals surface area (Å²) in [5.74, 6) is -1.02. The van der Waals surface area contributed by atoms with Gasteiger partial charge in [-0.3, -0.25) is 14.9 Å². The average Bonchev–Trinajstić information content (AvgIpc) is 2.15. The topological polar surface area (TPSA) is 99.1 Å². The molecule has 0 aliphatic carbocycles. The Morgan fingerprint density at radius 3 is 2.56 bits per heavy atom. The number of nitrogens with two attached hydrogens (primary N) is 1. The number of rotatable bonds is 3. The molecule has 1 amide bonds. The highest BCUT2D eigenvalue weighted by Crippen LogP contribution is 2.32. The Balaban J connectivity index is 3.51. The Labute approximate surface area is 101 Å². The van der Waals surface area contributed by atoms with Crippen LogP contribution in [0.2, 0.25) is 0 Å². The molecule has 0 fully saturated rings. The molecule has 0 aliphatic heterocycles. The first kappa shape index (κ1) is 12.7. The van der Waals surface area contributed by atoms with Gasteiger partial charge in [0, 0.05) is 0 Å². The first-order valence-electron chi connectivity index (χ1n) is 3.77. The molecule has 86 valence electrons. The lowest BCUT2D eigenvalue weighted by molar-refractivity contribution is -0.387. The monoisotopic (exact) mass is 343 g/mol. The summed E-state index contributed by atoms with van der Waals surface area (Å²) in [6.45, 7) is 0. The number of pyridine rings is 1. The minimum Gasteiger partial charge on any atom is -0.364 e. The number of nitrogens with zero attached hydrogens (tertiary/aromatic N) is 2. The van der Waals surface area contributed by atoms with Crippen molar-refractivity contribution in [2.24, 2.45) is 5.73 Å². The van der Waals surface area contributed by atoms with Gasteiger partial charge in [0.05, 0.1) is 4.92 Å². The van der Waals surface area contributed by atoms with Crippen LogP contribution < -0.4 is 5.73 Å². The molecule has 0 aromatic carbocycles. The highest BCUT2D eigenvalue weighted by molar-refractivity contribution is 14.1. The van der Waals surface area contributed by atoms with Crippen LogP contribution in [0.3, 0.4) is 0 Å². The fourth-order valence-electron chi connectivity index (χ4n) is 0.999. The second-order valence-corrected chi connectivity index (χ2v) is 3.68. The number of nitro groups is 1. The molecule has 1 aromatic heterocycles. The quantitative estimate of drug-likeness (QED) is 0.390. The molecule has 0 radical (unpaired) electrons. The van der Waals surface area contributed by atoms with Crippen LogP contribution in [-0.2, 0) is 0 Å². The number of amides is 1. The van der Waals surface area contributed by atoms with Crippen molar-refractivity contribution in [1.82, 2.24) is 4.98 Å². The molecule has 0 spiro atoms. The average molecular weight is 343 g/mol. The molecule has 0 aliphatic rings. The Bertz CT molecular complexity index is 466. The van der Waals surface area contributed by atoms with Crippen molar-refractivity contribution in [2.75, 3.05) is 0 Å². The fraction of sp³-hybridized carbons (Fsp3) is 0.143. The van der Waals surface area contributed by atoms with E-state index >= 15 is 0 Å². The second kappa shape index (κ2) is 4.63. The number of halogens is 3.